The van der Waals surface area contributed by atoms with Crippen LogP contribution in [0.3, 0.4) is 0 Å². The number of hydrogen-bond acceptors (Lipinski definition) is 5. The number of aliphatic carboxylic acids is 1. The van der Waals surface area contributed by atoms with Crippen molar-refractivity contribution in [1.29, 1.82) is 0 Å². The lowest BCUT2D eigenvalue weighted by molar-refractivity contribution is -0.145. The van der Waals surface area contributed by atoms with Crippen LogP contribution in [0, 0.1) is 35.5 Å². The molecule has 1 saturated carbocycles. The topological polar surface area (TPSA) is 121 Å². The number of carboxylic acid groups (broad SMARTS) is 1. The molecule has 1 spiro atoms. The maximum absolute atomic E-state index is 13.3. The largest absolute Gasteiger partial charge is 0.511 e. The summed E-state index contributed by atoms with van der Waals surface area (Å²) in [7, 11) is 0. The summed E-state index contributed by atoms with van der Waals surface area (Å²) in [6.45, 7) is 0.665. The number of fused-ring (bicyclic) bond motifs is 5. The normalized spacial score (nSPS) is 28.2. The first-order valence-corrected chi connectivity index (χ1v) is 20.9. The molecule has 3 aromatic carbocycles. The zero-order valence-corrected chi connectivity index (χ0v) is 32.2. The van der Waals surface area contributed by atoms with Crippen LogP contribution < -0.4 is 16.2 Å². The van der Waals surface area contributed by atoms with Gasteiger partial charge in [0.2, 0.25) is 0 Å². The minimum absolute atomic E-state index is 0.0750. The van der Waals surface area contributed by atoms with E-state index < -0.39 is 17.3 Å². The van der Waals surface area contributed by atoms with Crippen molar-refractivity contribution >= 4 is 24.1 Å². The van der Waals surface area contributed by atoms with Crippen LogP contribution in [0.2, 0.25) is 0 Å². The number of carbonyl (C=O) groups is 2. The van der Waals surface area contributed by atoms with Gasteiger partial charge >= 0.3 is 5.97 Å². The number of aliphatic hydroxyl groups excluding tert-OH is 1. The number of aromatic hydroxyl groups is 1. The molecule has 7 rings (SSSR count). The van der Waals surface area contributed by atoms with Crippen LogP contribution in [-0.4, -0.2) is 34.1 Å². The average Bonchev–Trinajstić information content (AvgIpc) is 3.66. The van der Waals surface area contributed by atoms with Gasteiger partial charge in [-0.2, -0.15) is 0 Å². The number of aldehydes is 1. The predicted octanol–water partition coefficient (Wildman–Crippen LogP) is 8.65. The second-order valence-corrected chi connectivity index (χ2v) is 17.0. The molecule has 5 N–H and O–H groups in total. The van der Waals surface area contributed by atoms with Crippen LogP contribution >= 0.6 is 0 Å². The molecule has 1 fully saturated rings. The summed E-state index contributed by atoms with van der Waals surface area (Å²) in [6, 6.07) is 24.4. The quantitative estimate of drug-likeness (QED) is 0.0838. The fraction of sp³-hybridized carbons (Fsp3) is 0.469. The van der Waals surface area contributed by atoms with E-state index in [1.807, 2.05) is 18.2 Å². The number of phenolic OH excluding ortho intramolecular Hbond substituents is 1. The number of nitrogens with two attached hydrogens (primary N) is 1. The first kappa shape index (κ1) is 38.8. The number of unbranched alkanes of at least 4 members (excludes halogenated alkanes) is 2. The molecule has 4 aliphatic carbocycles. The molecule has 8 atom stereocenters. The number of rotatable bonds is 12. The summed E-state index contributed by atoms with van der Waals surface area (Å²) >= 11 is 0. The van der Waals surface area contributed by atoms with Crippen molar-refractivity contribution in [3.63, 3.8) is 0 Å². The molecule has 0 unspecified atom stereocenters. The lowest BCUT2D eigenvalue weighted by Crippen LogP contribution is -2.48. The van der Waals surface area contributed by atoms with Gasteiger partial charge in [-0.25, -0.2) is 0 Å². The van der Waals surface area contributed by atoms with Crippen molar-refractivity contribution < 1.29 is 24.9 Å². The minimum atomic E-state index is -0.777. The first-order chi connectivity index (χ1) is 26.8. The summed E-state index contributed by atoms with van der Waals surface area (Å²) in [5.41, 5.74) is 10.0. The Kier molecular flexibility index (Phi) is 12.4. The van der Waals surface area contributed by atoms with Crippen LogP contribution in [0.4, 0.5) is 0 Å². The molecule has 0 heterocycles. The zero-order valence-electron chi connectivity index (χ0n) is 32.2. The Morgan fingerprint density at radius 3 is 2.53 bits per heavy atom. The Labute approximate surface area is 326 Å². The molecule has 2 bridgehead atoms. The van der Waals surface area contributed by atoms with Crippen LogP contribution in [-0.2, 0) is 21.4 Å². The summed E-state index contributed by atoms with van der Waals surface area (Å²) in [5.74, 6) is 0.235. The van der Waals surface area contributed by atoms with Crippen molar-refractivity contribution in [2.24, 2.45) is 41.2 Å². The highest BCUT2D eigenvalue weighted by Gasteiger charge is 2.50. The monoisotopic (exact) mass is 741 g/mol. The van der Waals surface area contributed by atoms with Gasteiger partial charge in [-0.05, 0) is 135 Å². The number of carboxylic acids is 1. The van der Waals surface area contributed by atoms with E-state index in [1.54, 1.807) is 12.1 Å². The van der Waals surface area contributed by atoms with Crippen LogP contribution in [0.5, 0.6) is 5.75 Å². The van der Waals surface area contributed by atoms with Gasteiger partial charge in [0.15, 0.2) is 0 Å². The summed E-state index contributed by atoms with van der Waals surface area (Å²) in [4.78, 5) is 25.5. The van der Waals surface area contributed by atoms with Gasteiger partial charge in [-0.3, -0.25) is 4.79 Å². The van der Waals surface area contributed by atoms with E-state index in [0.29, 0.717) is 37.0 Å². The average molecular weight is 742 g/mol. The molecule has 0 amide bonds. The molecule has 0 radical (unpaired) electrons. The smallest absolute Gasteiger partial charge is 0.307 e. The summed E-state index contributed by atoms with van der Waals surface area (Å²) < 4.78 is 0. The highest BCUT2D eigenvalue weighted by atomic mass is 16.4. The molecule has 0 aliphatic heterocycles. The molecule has 6 nitrogen and oxygen atoms in total. The Balaban J connectivity index is 1.14. The number of allylic oxidation sites excluding steroid dienone is 3. The number of hydrogen-bond donors (Lipinski definition) is 4. The highest BCUT2D eigenvalue weighted by Crippen LogP contribution is 2.53. The molecule has 6 heteroatoms. The van der Waals surface area contributed by atoms with Crippen LogP contribution in [0.25, 0.3) is 11.8 Å². The van der Waals surface area contributed by atoms with E-state index in [9.17, 15) is 24.9 Å². The zero-order chi connectivity index (χ0) is 38.4. The van der Waals surface area contributed by atoms with E-state index >= 15 is 0 Å². The fourth-order valence-electron chi connectivity index (χ4n) is 10.8. The van der Waals surface area contributed by atoms with E-state index in [1.165, 1.54) is 23.0 Å². The van der Waals surface area contributed by atoms with E-state index in [4.69, 9.17) is 5.73 Å². The Bertz CT molecular complexity index is 2000. The lowest BCUT2D eigenvalue weighted by Gasteiger charge is -2.48. The molecular weight excluding hydrogens is 683 g/mol. The van der Waals surface area contributed by atoms with E-state index in [2.05, 4.69) is 66.8 Å². The number of phenols is 1. The van der Waals surface area contributed by atoms with Crippen LogP contribution in [0.15, 0.2) is 96.6 Å². The van der Waals surface area contributed by atoms with Crippen molar-refractivity contribution in [3.8, 4) is 5.75 Å². The van der Waals surface area contributed by atoms with Crippen molar-refractivity contribution in [2.45, 2.75) is 101 Å². The molecule has 290 valence electrons. The fourth-order valence-corrected chi connectivity index (χ4v) is 10.8. The third-order valence-corrected chi connectivity index (χ3v) is 13.8. The Morgan fingerprint density at radius 1 is 0.909 bits per heavy atom. The first-order valence-electron chi connectivity index (χ1n) is 20.9. The third kappa shape index (κ3) is 8.55. The Hall–Kier alpha value is -4.42. The maximum atomic E-state index is 13.3. The van der Waals surface area contributed by atoms with Gasteiger partial charge in [-0.15, -0.1) is 0 Å². The molecule has 4 aliphatic rings. The maximum Gasteiger partial charge on any atom is 0.307 e. The number of benzene rings is 3. The molecule has 3 aromatic rings. The van der Waals surface area contributed by atoms with Crippen molar-refractivity contribution in [3.05, 3.63) is 124 Å². The molecule has 0 saturated heterocycles. The van der Waals surface area contributed by atoms with Crippen molar-refractivity contribution in [1.82, 2.24) is 0 Å². The van der Waals surface area contributed by atoms with Gasteiger partial charge in [0.25, 0.3) is 0 Å². The van der Waals surface area contributed by atoms with Gasteiger partial charge in [0.05, 0.1) is 5.92 Å². The summed E-state index contributed by atoms with van der Waals surface area (Å²) in [5, 5.41) is 34.8. The minimum Gasteiger partial charge on any atom is -0.511 e. The molecular formula is C49H59NO5. The standard InChI is InChI=1S/C49H59NO5/c50-26-24-33-17-18-37(27-33)40(32-51)13-3-1-2-10-35-11-5-7-16-46(48(54)55)49(25-23-39-30-38-12-4-6-15-43(38)47(53)45(39)31-49)41-14-8-9-34(28-41)29-44(35)36-19-21-42(52)22-20-36/h4-9,12,14-15,19-22,27-28,30,32,35,37,39-40,44-46,52-53H,1-3,10-11,13,16-18,23-26,29,31,50H2,(H,54,55)/t35-,37+,39+,40+,44+,45-,46+,49-/m0/s1. The van der Waals surface area contributed by atoms with Gasteiger partial charge in [-0.1, -0.05) is 110 Å². The third-order valence-electron chi connectivity index (χ3n) is 13.8. The van der Waals surface area contributed by atoms with Gasteiger partial charge in [0, 0.05) is 22.5 Å². The van der Waals surface area contributed by atoms with Crippen molar-refractivity contribution in [2.75, 3.05) is 6.54 Å². The molecule has 0 aromatic heterocycles. The number of carbonyl (C=O) groups excluding carboxylic acids is 1. The summed E-state index contributed by atoms with van der Waals surface area (Å²) in [6.07, 6.45) is 22.5. The van der Waals surface area contributed by atoms with E-state index in [0.717, 1.165) is 93.1 Å². The SMILES string of the molecule is NCCC1=C[C@H]([C@@H](C=O)CCCCC[C@H]2CC=CC[C@H](C(=O)O)[C@]3(CC[C@@H]4C=c5ccccc5=C(O)[C@H]4C3)c3cccc(c3)C[C@H]2c2ccc(O)cc2)CC1. The van der Waals surface area contributed by atoms with Crippen LogP contribution in [0.1, 0.15) is 106 Å². The van der Waals surface area contributed by atoms with Gasteiger partial charge < -0.3 is 25.8 Å². The van der Waals surface area contributed by atoms with E-state index in [-0.39, 0.29) is 29.4 Å². The number of aliphatic hydroxyl groups is 1. The highest BCUT2D eigenvalue weighted by molar-refractivity contribution is 5.73. The second kappa shape index (κ2) is 17.6. The molecule has 55 heavy (non-hydrogen) atoms. The predicted molar refractivity (Wildman–Crippen MR) is 220 cm³/mol. The van der Waals surface area contributed by atoms with Gasteiger partial charge in [0.1, 0.15) is 17.8 Å². The second-order valence-electron chi connectivity index (χ2n) is 17.0. The lowest BCUT2D eigenvalue weighted by atomic mass is 9.55. The Morgan fingerprint density at radius 2 is 1.73 bits per heavy atom.